The summed E-state index contributed by atoms with van der Waals surface area (Å²) in [5.74, 6) is 0. The summed E-state index contributed by atoms with van der Waals surface area (Å²) in [6.07, 6.45) is 0. The Morgan fingerprint density at radius 3 is 1.42 bits per heavy atom. The zero-order valence-electron chi connectivity index (χ0n) is 32.0. The maximum Gasteiger partial charge on any atom is 0.0327 e. The highest BCUT2D eigenvalue weighted by Crippen LogP contribution is 2.52. The first-order valence-electron chi connectivity index (χ1n) is 19.8. The van der Waals surface area contributed by atoms with E-state index in [9.17, 15) is 0 Å². The SMILES string of the molecule is CC1(C)c2cc(-c3cccc(-c4c5ccccc5c(-c5cccc(-c6ccc(-c7ccccc7)cc6)c5)c5ccccc45)c3)ccc2-c2c1ccc1c#cccc21. The molecular formula is C57H38. The average molecular weight is 723 g/mol. The van der Waals surface area contributed by atoms with Gasteiger partial charge in [-0.05, 0) is 141 Å². The molecule has 1 aliphatic carbocycles. The molecule has 0 aliphatic heterocycles. The fraction of sp³-hybridized carbons (Fsp3) is 0.0526. The molecule has 0 aromatic heterocycles. The van der Waals surface area contributed by atoms with E-state index >= 15 is 0 Å². The summed E-state index contributed by atoms with van der Waals surface area (Å²) in [4.78, 5) is 0. The van der Waals surface area contributed by atoms with Gasteiger partial charge >= 0.3 is 0 Å². The molecule has 57 heavy (non-hydrogen) atoms. The second-order valence-corrected chi connectivity index (χ2v) is 15.9. The summed E-state index contributed by atoms with van der Waals surface area (Å²) >= 11 is 0. The lowest BCUT2D eigenvalue weighted by Crippen LogP contribution is -2.15. The first-order valence-corrected chi connectivity index (χ1v) is 19.8. The summed E-state index contributed by atoms with van der Waals surface area (Å²) in [6.45, 7) is 4.72. The highest BCUT2D eigenvalue weighted by molar-refractivity contribution is 6.21. The van der Waals surface area contributed by atoms with E-state index in [0.717, 1.165) is 5.39 Å². The van der Waals surface area contributed by atoms with Crippen LogP contribution in [0.3, 0.4) is 0 Å². The molecule has 0 nitrogen and oxygen atoms in total. The highest BCUT2D eigenvalue weighted by atomic mass is 14.4. The molecule has 0 heterocycles. The minimum absolute atomic E-state index is 0.114. The molecule has 0 atom stereocenters. The van der Waals surface area contributed by atoms with Gasteiger partial charge in [-0.1, -0.05) is 184 Å². The molecule has 266 valence electrons. The maximum absolute atomic E-state index is 3.33. The Labute approximate surface area is 334 Å². The molecule has 0 N–H and O–H groups in total. The van der Waals surface area contributed by atoms with Gasteiger partial charge in [0.25, 0.3) is 0 Å². The van der Waals surface area contributed by atoms with E-state index in [1.54, 1.807) is 0 Å². The Balaban J connectivity index is 1.03. The first-order chi connectivity index (χ1) is 28.0. The van der Waals surface area contributed by atoms with Crippen molar-refractivity contribution in [2.75, 3.05) is 0 Å². The van der Waals surface area contributed by atoms with Crippen LogP contribution in [0.1, 0.15) is 25.0 Å². The maximum atomic E-state index is 3.33. The topological polar surface area (TPSA) is 0 Å². The van der Waals surface area contributed by atoms with Gasteiger partial charge in [-0.25, -0.2) is 0 Å². The lowest BCUT2D eigenvalue weighted by Gasteiger charge is -2.22. The molecule has 0 amide bonds. The Bertz CT molecular complexity index is 3120. The lowest BCUT2D eigenvalue weighted by atomic mass is 9.81. The standard InChI is InChI=1S/C57H38/c1-57(2)52-33-31-40-16-6-7-21-46(40)56(52)51-32-30-43(36-53(51)57)42-18-13-20-45(35-42)55-49-24-10-8-22-47(49)54(48-23-9-11-25-50(48)55)44-19-12-17-41(34-44)39-28-26-38(27-29-39)37-14-4-3-5-15-37/h3-5,7-15,17-36H,1-2H3. The van der Waals surface area contributed by atoms with Gasteiger partial charge in [-0.3, -0.25) is 0 Å². The minimum Gasteiger partial charge on any atom is -0.0696 e. The highest BCUT2D eigenvalue weighted by Gasteiger charge is 2.36. The van der Waals surface area contributed by atoms with Crippen LogP contribution >= 0.6 is 0 Å². The van der Waals surface area contributed by atoms with Crippen molar-refractivity contribution in [3.8, 4) is 66.8 Å². The predicted octanol–water partition coefficient (Wildman–Crippen LogP) is 15.4. The van der Waals surface area contributed by atoms with Crippen molar-refractivity contribution in [1.29, 1.82) is 0 Å². The van der Waals surface area contributed by atoms with Crippen LogP contribution in [0.25, 0.3) is 99.1 Å². The molecule has 11 rings (SSSR count). The Morgan fingerprint density at radius 1 is 0.333 bits per heavy atom. The Kier molecular flexibility index (Phi) is 7.53. The van der Waals surface area contributed by atoms with E-state index < -0.39 is 0 Å². The fourth-order valence-electron chi connectivity index (χ4n) is 9.51. The van der Waals surface area contributed by atoms with Crippen LogP contribution in [0.15, 0.2) is 194 Å². The van der Waals surface area contributed by atoms with Crippen LogP contribution in [-0.4, -0.2) is 0 Å². The molecular weight excluding hydrogens is 685 g/mol. The van der Waals surface area contributed by atoms with Gasteiger partial charge in [-0.15, -0.1) is 0 Å². The number of benzene rings is 9. The lowest BCUT2D eigenvalue weighted by molar-refractivity contribution is 0.661. The molecule has 0 bridgehead atoms. The Morgan fingerprint density at radius 2 is 0.807 bits per heavy atom. The van der Waals surface area contributed by atoms with Crippen LogP contribution < -0.4 is 0 Å². The van der Waals surface area contributed by atoms with Crippen molar-refractivity contribution in [1.82, 2.24) is 0 Å². The summed E-state index contributed by atoms with van der Waals surface area (Å²) in [5.41, 5.74) is 17.6. The molecule has 0 spiro atoms. The molecule has 1 aliphatic rings. The van der Waals surface area contributed by atoms with Gasteiger partial charge in [0.05, 0.1) is 0 Å². The zero-order valence-corrected chi connectivity index (χ0v) is 32.0. The largest absolute Gasteiger partial charge is 0.0696 e. The molecule has 0 saturated carbocycles. The molecule has 0 heteroatoms. The van der Waals surface area contributed by atoms with E-state index in [-0.39, 0.29) is 5.41 Å². The van der Waals surface area contributed by atoms with Crippen LogP contribution in [-0.2, 0) is 5.41 Å². The van der Waals surface area contributed by atoms with E-state index in [2.05, 4.69) is 214 Å². The smallest absolute Gasteiger partial charge is 0.0327 e. The zero-order chi connectivity index (χ0) is 38.1. The van der Waals surface area contributed by atoms with Crippen molar-refractivity contribution < 1.29 is 0 Å². The monoisotopic (exact) mass is 722 g/mol. The van der Waals surface area contributed by atoms with Crippen LogP contribution in [0.4, 0.5) is 0 Å². The molecule has 10 aromatic rings. The van der Waals surface area contributed by atoms with E-state index in [0.29, 0.717) is 0 Å². The van der Waals surface area contributed by atoms with Gasteiger partial charge in [0, 0.05) is 10.8 Å². The molecule has 0 unspecified atom stereocenters. The molecule has 0 fully saturated rings. The van der Waals surface area contributed by atoms with Gasteiger partial charge in [0.2, 0.25) is 0 Å². The van der Waals surface area contributed by atoms with Crippen molar-refractivity contribution in [2.24, 2.45) is 0 Å². The minimum atomic E-state index is -0.114. The van der Waals surface area contributed by atoms with Gasteiger partial charge < -0.3 is 0 Å². The van der Waals surface area contributed by atoms with Crippen molar-refractivity contribution in [3.63, 3.8) is 0 Å². The number of rotatable bonds is 5. The first kappa shape index (κ1) is 33.2. The van der Waals surface area contributed by atoms with Crippen LogP contribution in [0.2, 0.25) is 0 Å². The third kappa shape index (κ3) is 5.32. The second kappa shape index (κ2) is 12.9. The average Bonchev–Trinajstić information content (AvgIpc) is 3.51. The van der Waals surface area contributed by atoms with E-state index in [1.807, 2.05) is 6.07 Å². The van der Waals surface area contributed by atoms with Crippen molar-refractivity contribution in [3.05, 3.63) is 217 Å². The second-order valence-electron chi connectivity index (χ2n) is 15.9. The van der Waals surface area contributed by atoms with Gasteiger partial charge in [-0.2, -0.15) is 0 Å². The summed E-state index contributed by atoms with van der Waals surface area (Å²) < 4.78 is 0. The number of hydrogen-bond acceptors (Lipinski definition) is 0. The quantitative estimate of drug-likeness (QED) is 0.155. The van der Waals surface area contributed by atoms with Crippen LogP contribution in [0.5, 0.6) is 0 Å². The summed E-state index contributed by atoms with van der Waals surface area (Å²) in [5, 5.41) is 7.39. The third-order valence-electron chi connectivity index (χ3n) is 12.3. The third-order valence-corrected chi connectivity index (χ3v) is 12.3. The van der Waals surface area contributed by atoms with Crippen molar-refractivity contribution in [2.45, 2.75) is 19.3 Å². The van der Waals surface area contributed by atoms with E-state index in [4.69, 9.17) is 0 Å². The van der Waals surface area contributed by atoms with Crippen LogP contribution in [0, 0.1) is 12.1 Å². The normalized spacial score (nSPS) is 12.7. The van der Waals surface area contributed by atoms with Crippen molar-refractivity contribution >= 4 is 32.3 Å². The van der Waals surface area contributed by atoms with E-state index in [1.165, 1.54) is 105 Å². The van der Waals surface area contributed by atoms with Gasteiger partial charge in [0.15, 0.2) is 0 Å². The predicted molar refractivity (Wildman–Crippen MR) is 241 cm³/mol. The summed E-state index contributed by atoms with van der Waals surface area (Å²) in [6, 6.07) is 77.9. The number of hydrogen-bond donors (Lipinski definition) is 0. The summed E-state index contributed by atoms with van der Waals surface area (Å²) in [7, 11) is 0. The molecule has 10 aromatic carbocycles. The Hall–Kier alpha value is -7.20. The molecule has 0 saturated heterocycles. The van der Waals surface area contributed by atoms with Gasteiger partial charge in [0.1, 0.15) is 0 Å². The molecule has 0 radical (unpaired) electrons. The number of fused-ring (bicyclic) bond motifs is 7. The fourth-order valence-corrected chi connectivity index (χ4v) is 9.51.